The quantitative estimate of drug-likeness (QED) is 0.690. The van der Waals surface area contributed by atoms with Crippen LogP contribution in [0.15, 0.2) is 29.2 Å². The van der Waals surface area contributed by atoms with Gasteiger partial charge in [-0.2, -0.15) is 5.26 Å². The van der Waals surface area contributed by atoms with Crippen LogP contribution in [-0.4, -0.2) is 29.9 Å². The van der Waals surface area contributed by atoms with Crippen LogP contribution in [-0.2, 0) is 20.6 Å². The summed E-state index contributed by atoms with van der Waals surface area (Å²) >= 11 is 0. The normalized spacial score (nSPS) is 12.8. The van der Waals surface area contributed by atoms with Gasteiger partial charge in [-0.05, 0) is 30.7 Å². The summed E-state index contributed by atoms with van der Waals surface area (Å²) in [6, 6.07) is 7.74. The van der Waals surface area contributed by atoms with E-state index in [0.29, 0.717) is 11.3 Å². The van der Waals surface area contributed by atoms with E-state index in [-0.39, 0.29) is 16.4 Å². The lowest BCUT2D eigenvalue weighted by Gasteiger charge is -2.05. The highest BCUT2D eigenvalue weighted by Gasteiger charge is 2.15. The number of hydrogen-bond acceptors (Lipinski definition) is 4. The zero-order valence-electron chi connectivity index (χ0n) is 11.5. The van der Waals surface area contributed by atoms with Crippen molar-refractivity contribution in [3.05, 3.63) is 29.8 Å². The lowest BCUT2D eigenvalue weighted by Crippen LogP contribution is -2.15. The highest BCUT2D eigenvalue weighted by molar-refractivity contribution is 7.93. The summed E-state index contributed by atoms with van der Waals surface area (Å²) in [7, 11) is -4.49. The molecule has 0 aliphatic carbocycles. The molecule has 0 aromatic heterocycles. The number of benzene rings is 1. The topological polar surface area (TPSA) is 75.0 Å². The molecule has 0 aliphatic heterocycles. The van der Waals surface area contributed by atoms with Gasteiger partial charge in [0.15, 0.2) is 9.84 Å². The van der Waals surface area contributed by atoms with Crippen LogP contribution in [0.25, 0.3) is 0 Å². The van der Waals surface area contributed by atoms with Crippen LogP contribution in [0.2, 0.25) is 0 Å². The number of sulfone groups is 1. The van der Waals surface area contributed by atoms with Crippen molar-refractivity contribution in [3.8, 4) is 6.07 Å². The molecule has 1 atom stereocenters. The smallest absolute Gasteiger partial charge is 0.179 e. The molecule has 4 nitrogen and oxygen atoms in total. The molecule has 6 heteroatoms. The average molecular weight is 313 g/mol. The molecule has 0 N–H and O–H groups in total. The van der Waals surface area contributed by atoms with Crippen molar-refractivity contribution < 1.29 is 12.6 Å². The van der Waals surface area contributed by atoms with Crippen LogP contribution in [0.3, 0.4) is 0 Å². The van der Waals surface area contributed by atoms with Gasteiger partial charge < -0.3 is 0 Å². The molecule has 0 bridgehead atoms. The molecule has 0 heterocycles. The zero-order chi connectivity index (χ0) is 15.0. The third-order valence-electron chi connectivity index (χ3n) is 2.90. The first kappa shape index (κ1) is 16.9. The van der Waals surface area contributed by atoms with E-state index in [1.165, 1.54) is 24.3 Å². The summed E-state index contributed by atoms with van der Waals surface area (Å²) in [5.41, 5.74) is 0.423. The molecule has 0 saturated carbocycles. The molecule has 20 heavy (non-hydrogen) atoms. The highest BCUT2D eigenvalue weighted by Crippen LogP contribution is 2.12. The summed E-state index contributed by atoms with van der Waals surface area (Å²) in [5, 5.41) is 8.67. The monoisotopic (exact) mass is 313 g/mol. The van der Waals surface area contributed by atoms with E-state index in [1.54, 1.807) is 0 Å². The Morgan fingerprint density at radius 2 is 1.80 bits per heavy atom. The first-order chi connectivity index (χ1) is 9.49. The van der Waals surface area contributed by atoms with E-state index < -0.39 is 20.6 Å². The van der Waals surface area contributed by atoms with Crippen LogP contribution in [0, 0.1) is 11.3 Å². The third-order valence-corrected chi connectivity index (χ3v) is 6.29. The predicted octanol–water partition coefficient (Wildman–Crippen LogP) is 2.27. The Hall–Kier alpha value is -1.19. The molecule has 0 amide bonds. The molecule has 1 unspecified atom stereocenters. The third kappa shape index (κ3) is 5.43. The van der Waals surface area contributed by atoms with Crippen molar-refractivity contribution in [2.75, 3.05) is 17.3 Å². The summed E-state index contributed by atoms with van der Waals surface area (Å²) < 4.78 is 35.8. The minimum absolute atomic E-state index is 0.113. The van der Waals surface area contributed by atoms with Crippen molar-refractivity contribution in [1.29, 1.82) is 5.26 Å². The SMILES string of the molecule is CCCCCS(=O)CCS(=O)(=O)c1ccc(C#N)cc1. The largest absolute Gasteiger partial charge is 0.260 e. The molecular weight excluding hydrogens is 294 g/mol. The summed E-state index contributed by atoms with van der Waals surface area (Å²) in [5.74, 6) is 0.625. The summed E-state index contributed by atoms with van der Waals surface area (Å²) in [4.78, 5) is 0.182. The van der Waals surface area contributed by atoms with Crippen LogP contribution in [0.5, 0.6) is 0 Å². The fourth-order valence-electron chi connectivity index (χ4n) is 1.67. The minimum Gasteiger partial charge on any atom is -0.260 e. The number of nitrogens with zero attached hydrogens (tertiary/aromatic N) is 1. The van der Waals surface area contributed by atoms with Crippen LogP contribution in [0.4, 0.5) is 0 Å². The van der Waals surface area contributed by atoms with Gasteiger partial charge in [0.1, 0.15) is 0 Å². The van der Waals surface area contributed by atoms with E-state index in [1.807, 2.05) is 6.07 Å². The van der Waals surface area contributed by atoms with Gasteiger partial charge in [-0.25, -0.2) is 8.42 Å². The van der Waals surface area contributed by atoms with Crippen LogP contribution >= 0.6 is 0 Å². The van der Waals surface area contributed by atoms with Crippen molar-refractivity contribution in [1.82, 2.24) is 0 Å². The standard InChI is InChI=1S/C14H19NO3S2/c1-2-3-4-9-19(16)10-11-20(17,18)14-7-5-13(12-15)6-8-14/h5-8H,2-4,9-11H2,1H3. The second kappa shape index (κ2) is 8.18. The summed E-state index contributed by atoms with van der Waals surface area (Å²) in [6.45, 7) is 2.07. The Bertz CT molecular complexity index is 586. The van der Waals surface area contributed by atoms with Crippen molar-refractivity contribution in [2.24, 2.45) is 0 Å². The molecule has 0 radical (unpaired) electrons. The molecule has 0 saturated heterocycles. The predicted molar refractivity (Wildman–Crippen MR) is 80.6 cm³/mol. The zero-order valence-corrected chi connectivity index (χ0v) is 13.2. The second-order valence-corrected chi connectivity index (χ2v) is 8.32. The fourth-order valence-corrected chi connectivity index (χ4v) is 4.81. The van der Waals surface area contributed by atoms with Gasteiger partial charge >= 0.3 is 0 Å². The number of hydrogen-bond donors (Lipinski definition) is 0. The second-order valence-electron chi connectivity index (χ2n) is 4.51. The van der Waals surface area contributed by atoms with Crippen LogP contribution in [0.1, 0.15) is 31.7 Å². The molecule has 0 aliphatic rings. The van der Waals surface area contributed by atoms with E-state index in [9.17, 15) is 12.6 Å². The molecule has 1 rings (SSSR count). The van der Waals surface area contributed by atoms with Crippen molar-refractivity contribution in [3.63, 3.8) is 0 Å². The van der Waals surface area contributed by atoms with Gasteiger partial charge in [-0.3, -0.25) is 4.21 Å². The van der Waals surface area contributed by atoms with E-state index in [2.05, 4.69) is 6.92 Å². The van der Waals surface area contributed by atoms with Gasteiger partial charge in [0, 0.05) is 22.3 Å². The average Bonchev–Trinajstić information content (AvgIpc) is 2.45. The Labute approximate surface area is 123 Å². The Morgan fingerprint density at radius 3 is 2.35 bits per heavy atom. The van der Waals surface area contributed by atoms with Gasteiger partial charge in [0.2, 0.25) is 0 Å². The highest BCUT2D eigenvalue weighted by atomic mass is 32.2. The Balaban J connectivity index is 2.57. The first-order valence-electron chi connectivity index (χ1n) is 6.57. The Kier molecular flexibility index (Phi) is 6.89. The molecule has 110 valence electrons. The van der Waals surface area contributed by atoms with E-state index in [0.717, 1.165) is 19.3 Å². The van der Waals surface area contributed by atoms with Gasteiger partial charge in [0.05, 0.1) is 22.3 Å². The number of rotatable bonds is 8. The number of nitriles is 1. The lowest BCUT2D eigenvalue weighted by atomic mass is 10.2. The van der Waals surface area contributed by atoms with E-state index >= 15 is 0 Å². The molecular formula is C14H19NO3S2. The maximum absolute atomic E-state index is 12.0. The maximum Gasteiger partial charge on any atom is 0.179 e. The minimum atomic E-state index is -3.41. The fraction of sp³-hybridized carbons (Fsp3) is 0.500. The Morgan fingerprint density at radius 1 is 1.15 bits per heavy atom. The maximum atomic E-state index is 12.0. The van der Waals surface area contributed by atoms with Crippen molar-refractivity contribution in [2.45, 2.75) is 31.1 Å². The van der Waals surface area contributed by atoms with Gasteiger partial charge in [-0.15, -0.1) is 0 Å². The van der Waals surface area contributed by atoms with Crippen LogP contribution < -0.4 is 0 Å². The molecule has 1 aromatic rings. The first-order valence-corrected chi connectivity index (χ1v) is 9.71. The summed E-state index contributed by atoms with van der Waals surface area (Å²) in [6.07, 6.45) is 2.95. The lowest BCUT2D eigenvalue weighted by molar-refractivity contribution is 0.597. The van der Waals surface area contributed by atoms with Gasteiger partial charge in [0.25, 0.3) is 0 Å². The van der Waals surface area contributed by atoms with Gasteiger partial charge in [-0.1, -0.05) is 19.8 Å². The number of unbranched alkanes of at least 4 members (excludes halogenated alkanes) is 2. The molecule has 0 spiro atoms. The van der Waals surface area contributed by atoms with E-state index in [4.69, 9.17) is 5.26 Å². The molecule has 1 aromatic carbocycles. The molecule has 0 fully saturated rings. The van der Waals surface area contributed by atoms with Crippen molar-refractivity contribution >= 4 is 20.6 Å².